The monoisotopic (exact) mass is 299 g/mol. The highest BCUT2D eigenvalue weighted by Crippen LogP contribution is 2.30. The summed E-state index contributed by atoms with van der Waals surface area (Å²) < 4.78 is 5.62. The number of esters is 1. The summed E-state index contributed by atoms with van der Waals surface area (Å²) >= 11 is 0. The molecule has 3 heteroatoms. The maximum atomic E-state index is 12.1. The molecule has 1 rings (SSSR count). The Morgan fingerprint density at radius 2 is 2.27 bits per heavy atom. The van der Waals surface area contributed by atoms with Crippen LogP contribution < -0.4 is 0 Å². The number of cyclic esters (lactones) is 1. The fraction of sp³-hybridized carbons (Fsp3) is 0.474. The van der Waals surface area contributed by atoms with Crippen LogP contribution in [-0.4, -0.2) is 12.1 Å². The van der Waals surface area contributed by atoms with Gasteiger partial charge in [0.1, 0.15) is 6.10 Å². The summed E-state index contributed by atoms with van der Waals surface area (Å²) in [6, 6.07) is 2.18. The first kappa shape index (κ1) is 18.0. The molecule has 0 aromatic rings. The second-order valence-electron chi connectivity index (χ2n) is 5.95. The van der Waals surface area contributed by atoms with Gasteiger partial charge in [0.2, 0.25) is 0 Å². The van der Waals surface area contributed by atoms with Gasteiger partial charge < -0.3 is 4.74 Å². The molecule has 1 heterocycles. The van der Waals surface area contributed by atoms with Gasteiger partial charge >= 0.3 is 5.97 Å². The third kappa shape index (κ3) is 4.73. The van der Waals surface area contributed by atoms with Crippen LogP contribution in [-0.2, 0) is 9.53 Å². The van der Waals surface area contributed by atoms with Crippen LogP contribution >= 0.6 is 0 Å². The Morgan fingerprint density at radius 1 is 1.59 bits per heavy atom. The number of hydrogen-bond donors (Lipinski definition) is 0. The summed E-state index contributed by atoms with van der Waals surface area (Å²) in [6.45, 7) is 11.9. The molecular weight excluding hydrogens is 274 g/mol. The number of rotatable bonds is 5. The molecule has 22 heavy (non-hydrogen) atoms. The Hall–Kier alpha value is -2.08. The predicted molar refractivity (Wildman–Crippen MR) is 88.8 cm³/mol. The highest BCUT2D eigenvalue weighted by molar-refractivity contribution is 5.83. The standard InChI is InChI=1S/C19H25NO2/c1-6-8-16(10-15(7-2)12-20)19-14(5)9-17(13(3)4)11-18(21)22-19/h6,8,10-11,13-14,19H,1,7,9H2,2-5H3/b15-10+,16-8+/t14-,19+/m1/s1. The normalized spacial score (nSPS) is 23.5. The summed E-state index contributed by atoms with van der Waals surface area (Å²) in [4.78, 5) is 12.1. The molecular formula is C19H25NO2. The minimum absolute atomic E-state index is 0.152. The van der Waals surface area contributed by atoms with Crippen LogP contribution in [0.15, 0.2) is 47.6 Å². The van der Waals surface area contributed by atoms with E-state index in [2.05, 4.69) is 33.4 Å². The van der Waals surface area contributed by atoms with Crippen molar-refractivity contribution in [2.75, 3.05) is 0 Å². The van der Waals surface area contributed by atoms with E-state index in [0.717, 1.165) is 17.6 Å². The highest BCUT2D eigenvalue weighted by atomic mass is 16.5. The lowest BCUT2D eigenvalue weighted by Crippen LogP contribution is -2.25. The first-order valence-electron chi connectivity index (χ1n) is 7.77. The molecule has 0 N–H and O–H groups in total. The molecule has 0 aromatic carbocycles. The zero-order valence-corrected chi connectivity index (χ0v) is 13.9. The molecule has 0 radical (unpaired) electrons. The molecule has 0 aromatic heterocycles. The number of nitriles is 1. The summed E-state index contributed by atoms with van der Waals surface area (Å²) in [5.74, 6) is 0.164. The van der Waals surface area contributed by atoms with Crippen LogP contribution in [0.4, 0.5) is 0 Å². The number of ether oxygens (including phenoxy) is 1. The number of carbonyl (C=O) groups is 1. The summed E-state index contributed by atoms with van der Waals surface area (Å²) in [5, 5.41) is 9.14. The van der Waals surface area contributed by atoms with Crippen molar-refractivity contribution in [2.45, 2.75) is 46.6 Å². The summed E-state index contributed by atoms with van der Waals surface area (Å²) in [5.41, 5.74) is 2.60. The molecule has 0 unspecified atom stereocenters. The maximum Gasteiger partial charge on any atom is 0.331 e. The Morgan fingerprint density at radius 3 is 2.77 bits per heavy atom. The van der Waals surface area contributed by atoms with Gasteiger partial charge in [0, 0.05) is 17.6 Å². The zero-order chi connectivity index (χ0) is 16.7. The van der Waals surface area contributed by atoms with Gasteiger partial charge in [-0.05, 0) is 30.4 Å². The largest absolute Gasteiger partial charge is 0.454 e. The fourth-order valence-corrected chi connectivity index (χ4v) is 2.54. The van der Waals surface area contributed by atoms with E-state index in [1.807, 2.05) is 19.1 Å². The molecule has 0 spiro atoms. The van der Waals surface area contributed by atoms with Crippen LogP contribution in [0.2, 0.25) is 0 Å². The Labute approximate surface area is 133 Å². The molecule has 0 fully saturated rings. The van der Waals surface area contributed by atoms with Gasteiger partial charge in [-0.25, -0.2) is 4.79 Å². The molecule has 0 bridgehead atoms. The van der Waals surface area contributed by atoms with Crippen molar-refractivity contribution >= 4 is 5.97 Å². The van der Waals surface area contributed by atoms with E-state index in [9.17, 15) is 4.79 Å². The van der Waals surface area contributed by atoms with E-state index in [0.29, 0.717) is 17.9 Å². The second kappa shape index (κ2) is 8.38. The molecule has 118 valence electrons. The Kier molecular flexibility index (Phi) is 6.85. The van der Waals surface area contributed by atoms with Gasteiger partial charge in [0.15, 0.2) is 0 Å². The third-order valence-electron chi connectivity index (χ3n) is 3.87. The van der Waals surface area contributed by atoms with E-state index in [1.54, 1.807) is 12.2 Å². The summed E-state index contributed by atoms with van der Waals surface area (Å²) in [7, 11) is 0. The molecule has 0 amide bonds. The lowest BCUT2D eigenvalue weighted by atomic mass is 9.87. The van der Waals surface area contributed by atoms with Crippen molar-refractivity contribution in [1.82, 2.24) is 0 Å². The van der Waals surface area contributed by atoms with Gasteiger partial charge in [-0.2, -0.15) is 5.26 Å². The number of allylic oxidation sites excluding steroid dienone is 4. The van der Waals surface area contributed by atoms with Crippen molar-refractivity contribution in [3.63, 3.8) is 0 Å². The molecule has 0 saturated carbocycles. The van der Waals surface area contributed by atoms with Crippen molar-refractivity contribution in [1.29, 1.82) is 5.26 Å². The van der Waals surface area contributed by atoms with Gasteiger partial charge in [0.25, 0.3) is 0 Å². The number of nitrogens with zero attached hydrogens (tertiary/aromatic N) is 1. The molecule has 1 aliphatic rings. The fourth-order valence-electron chi connectivity index (χ4n) is 2.54. The predicted octanol–water partition coefficient (Wildman–Crippen LogP) is 4.49. The van der Waals surface area contributed by atoms with Crippen molar-refractivity contribution in [2.24, 2.45) is 11.8 Å². The average Bonchev–Trinajstić information content (AvgIpc) is 2.62. The quantitative estimate of drug-likeness (QED) is 0.427. The second-order valence-corrected chi connectivity index (χ2v) is 5.95. The zero-order valence-electron chi connectivity index (χ0n) is 13.9. The minimum atomic E-state index is -0.354. The highest BCUT2D eigenvalue weighted by Gasteiger charge is 2.28. The van der Waals surface area contributed by atoms with Crippen LogP contribution in [0.1, 0.15) is 40.5 Å². The van der Waals surface area contributed by atoms with Crippen LogP contribution in [0.5, 0.6) is 0 Å². The van der Waals surface area contributed by atoms with Crippen LogP contribution in [0, 0.1) is 23.2 Å². The van der Waals surface area contributed by atoms with Crippen molar-refractivity contribution in [3.8, 4) is 6.07 Å². The first-order valence-corrected chi connectivity index (χ1v) is 7.77. The molecule has 0 aliphatic carbocycles. The van der Waals surface area contributed by atoms with Crippen LogP contribution in [0.3, 0.4) is 0 Å². The van der Waals surface area contributed by atoms with E-state index in [4.69, 9.17) is 10.00 Å². The molecule has 2 atom stereocenters. The Bertz CT molecular complexity index is 558. The van der Waals surface area contributed by atoms with E-state index >= 15 is 0 Å². The van der Waals surface area contributed by atoms with Gasteiger partial charge in [0.05, 0.1) is 6.07 Å². The lowest BCUT2D eigenvalue weighted by Gasteiger charge is -2.24. The maximum absolute atomic E-state index is 12.1. The number of hydrogen-bond acceptors (Lipinski definition) is 3. The third-order valence-corrected chi connectivity index (χ3v) is 3.87. The molecule has 0 saturated heterocycles. The topological polar surface area (TPSA) is 50.1 Å². The van der Waals surface area contributed by atoms with Gasteiger partial charge in [-0.3, -0.25) is 0 Å². The minimum Gasteiger partial charge on any atom is -0.454 e. The van der Waals surface area contributed by atoms with Gasteiger partial charge in [-0.15, -0.1) is 0 Å². The lowest BCUT2D eigenvalue weighted by molar-refractivity contribution is -0.142. The van der Waals surface area contributed by atoms with E-state index in [1.165, 1.54) is 0 Å². The smallest absolute Gasteiger partial charge is 0.331 e. The van der Waals surface area contributed by atoms with Crippen molar-refractivity contribution < 1.29 is 9.53 Å². The van der Waals surface area contributed by atoms with E-state index < -0.39 is 0 Å². The summed E-state index contributed by atoms with van der Waals surface area (Å²) in [6.07, 6.45) is 8.02. The number of carbonyl (C=O) groups excluding carboxylic acids is 1. The molecule has 1 aliphatic heterocycles. The van der Waals surface area contributed by atoms with Crippen molar-refractivity contribution in [3.05, 3.63) is 47.6 Å². The Balaban J connectivity index is 3.15. The average molecular weight is 299 g/mol. The van der Waals surface area contributed by atoms with Crippen LogP contribution in [0.25, 0.3) is 0 Å². The molecule has 3 nitrogen and oxygen atoms in total. The van der Waals surface area contributed by atoms with Gasteiger partial charge in [-0.1, -0.05) is 52.0 Å². The first-order chi connectivity index (χ1) is 10.4. The SMILES string of the molecule is C=C/C=C(\C=C(\C#N)CC)[C@H]1OC(=O)C=C(C(C)C)C[C@H]1C. The van der Waals surface area contributed by atoms with E-state index in [-0.39, 0.29) is 18.0 Å².